The van der Waals surface area contributed by atoms with Gasteiger partial charge in [0.25, 0.3) is 0 Å². The molecule has 2 N–H and O–H groups in total. The average Bonchev–Trinajstić information content (AvgIpc) is 2.53. The molecule has 1 fully saturated rings. The number of hydrogen-bond donors (Lipinski definition) is 2. The maximum atomic E-state index is 10.4. The van der Waals surface area contributed by atoms with Crippen LogP contribution in [0.2, 0.25) is 0 Å². The minimum Gasteiger partial charge on any atom is -0.493 e. The van der Waals surface area contributed by atoms with Crippen LogP contribution in [-0.2, 0) is 4.79 Å². The van der Waals surface area contributed by atoms with Gasteiger partial charge in [0.15, 0.2) is 0 Å². The standard InChI is InChI=1S/C19H30N2O3/c1-14-15(2)19(24-9-5-4-8-22)7-6-18(14)16(3)21-11-17(12-21)10-20-13-23/h6-7,13,16-17,22H,4-5,8-12H2,1-3H3,(H,20,23). The van der Waals surface area contributed by atoms with Gasteiger partial charge in [-0.3, -0.25) is 9.69 Å². The molecule has 1 atom stereocenters. The Bertz CT molecular complexity index is 542. The van der Waals surface area contributed by atoms with Crippen LogP contribution in [0, 0.1) is 19.8 Å². The highest BCUT2D eigenvalue weighted by Gasteiger charge is 2.31. The zero-order valence-electron chi connectivity index (χ0n) is 15.0. The number of hydrogen-bond acceptors (Lipinski definition) is 4. The van der Waals surface area contributed by atoms with Crippen LogP contribution in [0.4, 0.5) is 0 Å². The number of benzene rings is 1. The minimum absolute atomic E-state index is 0.219. The van der Waals surface area contributed by atoms with E-state index in [1.165, 1.54) is 16.7 Å². The second-order valence-corrected chi connectivity index (χ2v) is 6.70. The molecule has 1 aliphatic rings. The van der Waals surface area contributed by atoms with Crippen LogP contribution in [0.1, 0.15) is 42.5 Å². The normalized spacial score (nSPS) is 16.5. The molecule has 0 aromatic heterocycles. The Hall–Kier alpha value is -1.59. The molecule has 0 bridgehead atoms. The van der Waals surface area contributed by atoms with Crippen molar-refractivity contribution in [3.63, 3.8) is 0 Å². The number of carbonyl (C=O) groups excluding carboxylic acids is 1. The van der Waals surface area contributed by atoms with Crippen molar-refractivity contribution in [2.75, 3.05) is 32.8 Å². The molecular formula is C19H30N2O3. The van der Waals surface area contributed by atoms with Gasteiger partial charge in [0, 0.05) is 38.2 Å². The average molecular weight is 334 g/mol. The third kappa shape index (κ3) is 4.48. The van der Waals surface area contributed by atoms with Gasteiger partial charge in [0.1, 0.15) is 5.75 Å². The van der Waals surface area contributed by atoms with E-state index in [4.69, 9.17) is 9.84 Å². The van der Waals surface area contributed by atoms with E-state index in [0.29, 0.717) is 18.6 Å². The fraction of sp³-hybridized carbons (Fsp3) is 0.632. The molecule has 0 radical (unpaired) electrons. The Morgan fingerprint density at radius 3 is 2.75 bits per heavy atom. The van der Waals surface area contributed by atoms with E-state index in [1.54, 1.807) is 0 Å². The smallest absolute Gasteiger partial charge is 0.207 e. The number of unbranched alkanes of at least 4 members (excludes halogenated alkanes) is 1. The summed E-state index contributed by atoms with van der Waals surface area (Å²) in [6.07, 6.45) is 2.43. The Morgan fingerprint density at radius 1 is 1.33 bits per heavy atom. The predicted molar refractivity (Wildman–Crippen MR) is 95.3 cm³/mol. The lowest BCUT2D eigenvalue weighted by Gasteiger charge is -2.43. The van der Waals surface area contributed by atoms with Crippen molar-refractivity contribution < 1.29 is 14.6 Å². The van der Waals surface area contributed by atoms with Crippen molar-refractivity contribution in [2.24, 2.45) is 5.92 Å². The van der Waals surface area contributed by atoms with Gasteiger partial charge in [-0.05, 0) is 56.4 Å². The Labute approximate surface area is 145 Å². The second kappa shape index (κ2) is 9.04. The summed E-state index contributed by atoms with van der Waals surface area (Å²) in [6, 6.07) is 4.61. The van der Waals surface area contributed by atoms with E-state index in [9.17, 15) is 4.79 Å². The third-order valence-corrected chi connectivity index (χ3v) is 5.06. The van der Waals surface area contributed by atoms with Crippen molar-refractivity contribution in [1.29, 1.82) is 0 Å². The molecule has 1 aromatic carbocycles. The summed E-state index contributed by atoms with van der Waals surface area (Å²) in [4.78, 5) is 12.8. The Morgan fingerprint density at radius 2 is 2.08 bits per heavy atom. The molecule has 134 valence electrons. The number of aliphatic hydroxyl groups excluding tert-OH is 1. The Balaban J connectivity index is 1.93. The molecule has 1 saturated heterocycles. The summed E-state index contributed by atoms with van der Waals surface area (Å²) in [5.41, 5.74) is 3.83. The number of amides is 1. The summed E-state index contributed by atoms with van der Waals surface area (Å²) < 4.78 is 5.85. The van der Waals surface area contributed by atoms with Gasteiger partial charge < -0.3 is 15.2 Å². The SMILES string of the molecule is Cc1c(OCCCCO)ccc(C(C)N2CC(CNC=O)C2)c1C. The number of aliphatic hydroxyl groups is 1. The van der Waals surface area contributed by atoms with E-state index in [1.807, 2.05) is 0 Å². The molecule has 1 amide bonds. The van der Waals surface area contributed by atoms with Crippen molar-refractivity contribution >= 4 is 6.41 Å². The van der Waals surface area contributed by atoms with Crippen LogP contribution in [0.15, 0.2) is 12.1 Å². The summed E-state index contributed by atoms with van der Waals surface area (Å²) in [6.45, 7) is 10.2. The third-order valence-electron chi connectivity index (χ3n) is 5.06. The van der Waals surface area contributed by atoms with Gasteiger partial charge in [-0.1, -0.05) is 6.07 Å². The van der Waals surface area contributed by atoms with Crippen molar-refractivity contribution in [3.8, 4) is 5.75 Å². The molecular weight excluding hydrogens is 304 g/mol. The van der Waals surface area contributed by atoms with E-state index in [0.717, 1.165) is 44.6 Å². The number of likely N-dealkylation sites (tertiary alicyclic amines) is 1. The van der Waals surface area contributed by atoms with Crippen molar-refractivity contribution in [3.05, 3.63) is 28.8 Å². The highest BCUT2D eigenvalue weighted by Crippen LogP contribution is 2.33. The highest BCUT2D eigenvalue weighted by molar-refractivity contribution is 5.46. The largest absolute Gasteiger partial charge is 0.493 e. The first-order valence-corrected chi connectivity index (χ1v) is 8.83. The first-order valence-electron chi connectivity index (χ1n) is 8.83. The predicted octanol–water partition coefficient (Wildman–Crippen LogP) is 2.19. The lowest BCUT2D eigenvalue weighted by atomic mass is 9.91. The molecule has 2 rings (SSSR count). The lowest BCUT2D eigenvalue weighted by Crippen LogP contribution is -2.51. The number of ether oxygens (including phenoxy) is 1. The fourth-order valence-electron chi connectivity index (χ4n) is 3.29. The van der Waals surface area contributed by atoms with E-state index in [2.05, 4.69) is 43.1 Å². The van der Waals surface area contributed by atoms with Crippen molar-refractivity contribution in [1.82, 2.24) is 10.2 Å². The van der Waals surface area contributed by atoms with Crippen LogP contribution >= 0.6 is 0 Å². The van der Waals surface area contributed by atoms with E-state index >= 15 is 0 Å². The van der Waals surface area contributed by atoms with Crippen LogP contribution in [0.25, 0.3) is 0 Å². The molecule has 1 heterocycles. The summed E-state index contributed by atoms with van der Waals surface area (Å²) in [5.74, 6) is 1.51. The van der Waals surface area contributed by atoms with Gasteiger partial charge in [-0.15, -0.1) is 0 Å². The minimum atomic E-state index is 0.219. The number of rotatable bonds is 10. The van der Waals surface area contributed by atoms with Crippen LogP contribution in [-0.4, -0.2) is 49.3 Å². The summed E-state index contributed by atoms with van der Waals surface area (Å²) in [7, 11) is 0. The molecule has 5 nitrogen and oxygen atoms in total. The highest BCUT2D eigenvalue weighted by atomic mass is 16.5. The molecule has 1 aliphatic heterocycles. The molecule has 0 saturated carbocycles. The number of carbonyl (C=O) groups is 1. The van der Waals surface area contributed by atoms with Crippen molar-refractivity contribution in [2.45, 2.75) is 39.7 Å². The van der Waals surface area contributed by atoms with Gasteiger partial charge >= 0.3 is 0 Å². The van der Waals surface area contributed by atoms with Gasteiger partial charge in [-0.25, -0.2) is 0 Å². The quantitative estimate of drug-likeness (QED) is 0.509. The zero-order chi connectivity index (χ0) is 17.5. The summed E-state index contributed by atoms with van der Waals surface area (Å²) >= 11 is 0. The molecule has 5 heteroatoms. The molecule has 0 aliphatic carbocycles. The van der Waals surface area contributed by atoms with E-state index in [-0.39, 0.29) is 6.61 Å². The monoisotopic (exact) mass is 334 g/mol. The first-order chi connectivity index (χ1) is 11.6. The Kier molecular flexibility index (Phi) is 7.06. The first kappa shape index (κ1) is 18.7. The number of nitrogens with zero attached hydrogens (tertiary/aromatic N) is 1. The molecule has 1 unspecified atom stereocenters. The zero-order valence-corrected chi connectivity index (χ0v) is 15.0. The fourth-order valence-corrected chi connectivity index (χ4v) is 3.29. The van der Waals surface area contributed by atoms with Crippen LogP contribution in [0.3, 0.4) is 0 Å². The maximum Gasteiger partial charge on any atom is 0.207 e. The number of nitrogens with one attached hydrogen (secondary N) is 1. The molecule has 1 aromatic rings. The lowest BCUT2D eigenvalue weighted by molar-refractivity contribution is -0.110. The molecule has 24 heavy (non-hydrogen) atoms. The van der Waals surface area contributed by atoms with Crippen LogP contribution < -0.4 is 10.1 Å². The van der Waals surface area contributed by atoms with Gasteiger partial charge in [0.05, 0.1) is 6.61 Å². The summed E-state index contributed by atoms with van der Waals surface area (Å²) in [5, 5.41) is 11.6. The van der Waals surface area contributed by atoms with E-state index < -0.39 is 0 Å². The van der Waals surface area contributed by atoms with Crippen LogP contribution in [0.5, 0.6) is 5.75 Å². The second-order valence-electron chi connectivity index (χ2n) is 6.70. The topological polar surface area (TPSA) is 61.8 Å². The van der Waals surface area contributed by atoms with Gasteiger partial charge in [-0.2, -0.15) is 0 Å². The van der Waals surface area contributed by atoms with Gasteiger partial charge in [0.2, 0.25) is 6.41 Å². The molecule has 0 spiro atoms. The maximum absolute atomic E-state index is 10.4.